The lowest BCUT2D eigenvalue weighted by molar-refractivity contribution is -0.384. The van der Waals surface area contributed by atoms with Crippen LogP contribution in [0.4, 0.5) is 11.4 Å². The third-order valence-electron chi connectivity index (χ3n) is 4.58. The first-order valence-electron chi connectivity index (χ1n) is 9.91. The lowest BCUT2D eigenvalue weighted by atomic mass is 10.2. The fraction of sp³-hybridized carbons (Fsp3) is 0.208. The lowest BCUT2D eigenvalue weighted by Crippen LogP contribution is -2.36. The maximum Gasteiger partial charge on any atom is 0.269 e. The van der Waals surface area contributed by atoms with Crippen LogP contribution in [0, 0.1) is 10.1 Å². The van der Waals surface area contributed by atoms with Crippen molar-refractivity contribution in [1.29, 1.82) is 0 Å². The molecule has 160 valence electrons. The molecule has 0 bridgehead atoms. The van der Waals surface area contributed by atoms with Gasteiger partial charge in [0.05, 0.1) is 24.7 Å². The van der Waals surface area contributed by atoms with Crippen LogP contribution >= 0.6 is 0 Å². The van der Waals surface area contributed by atoms with Crippen molar-refractivity contribution in [3.8, 4) is 0 Å². The second kappa shape index (κ2) is 11.6. The molecule has 0 N–H and O–H groups in total. The quantitative estimate of drug-likeness (QED) is 0.261. The number of nitro benzene ring substituents is 1. The van der Waals surface area contributed by atoms with Gasteiger partial charge in [-0.1, -0.05) is 60.7 Å². The topological polar surface area (TPSA) is 81.9 Å². The molecule has 0 saturated heterocycles. The average Bonchev–Trinajstić information content (AvgIpc) is 2.80. The Bertz CT molecular complexity index is 962. The third-order valence-corrected chi connectivity index (χ3v) is 4.58. The number of nitro groups is 1. The van der Waals surface area contributed by atoms with Crippen LogP contribution in [0.25, 0.3) is 0 Å². The summed E-state index contributed by atoms with van der Waals surface area (Å²) in [6, 6.07) is 25.2. The molecule has 3 aromatic rings. The Hall–Kier alpha value is -3.55. The first kappa shape index (κ1) is 22.1. The number of carbonyl (C=O) groups excluding carboxylic acids is 1. The summed E-state index contributed by atoms with van der Waals surface area (Å²) in [5, 5.41) is 10.9. The van der Waals surface area contributed by atoms with E-state index in [-0.39, 0.29) is 18.2 Å². The van der Waals surface area contributed by atoms with Crippen LogP contribution in [0.5, 0.6) is 0 Å². The van der Waals surface area contributed by atoms with Gasteiger partial charge in [-0.25, -0.2) is 0 Å². The molecule has 3 rings (SSSR count). The van der Waals surface area contributed by atoms with Crippen LogP contribution in [-0.2, 0) is 27.5 Å². The molecule has 0 fully saturated rings. The van der Waals surface area contributed by atoms with E-state index in [0.29, 0.717) is 32.1 Å². The Morgan fingerprint density at radius 2 is 1.35 bits per heavy atom. The zero-order chi connectivity index (χ0) is 21.9. The number of nitrogens with zero attached hydrogens (tertiary/aromatic N) is 2. The van der Waals surface area contributed by atoms with E-state index >= 15 is 0 Å². The zero-order valence-corrected chi connectivity index (χ0v) is 17.1. The molecular weight excluding hydrogens is 396 g/mol. The lowest BCUT2D eigenvalue weighted by Gasteiger charge is -2.23. The van der Waals surface area contributed by atoms with Gasteiger partial charge in [-0.15, -0.1) is 0 Å². The van der Waals surface area contributed by atoms with Crippen LogP contribution in [0.2, 0.25) is 0 Å². The van der Waals surface area contributed by atoms with E-state index in [1.54, 1.807) is 12.1 Å². The van der Waals surface area contributed by atoms with E-state index in [2.05, 4.69) is 0 Å². The number of hydrogen-bond acceptors (Lipinski definition) is 5. The van der Waals surface area contributed by atoms with Crippen LogP contribution < -0.4 is 4.90 Å². The van der Waals surface area contributed by atoms with Gasteiger partial charge in [-0.05, 0) is 23.3 Å². The minimum absolute atomic E-state index is 0.0307. The number of anilines is 1. The van der Waals surface area contributed by atoms with Crippen molar-refractivity contribution in [2.45, 2.75) is 13.2 Å². The van der Waals surface area contributed by atoms with E-state index in [9.17, 15) is 14.9 Å². The monoisotopic (exact) mass is 420 g/mol. The molecule has 31 heavy (non-hydrogen) atoms. The summed E-state index contributed by atoms with van der Waals surface area (Å²) in [4.78, 5) is 24.8. The second-order valence-electron chi connectivity index (χ2n) is 6.84. The predicted molar refractivity (Wildman–Crippen MR) is 118 cm³/mol. The van der Waals surface area contributed by atoms with Crippen LogP contribution in [0.1, 0.15) is 11.1 Å². The molecule has 0 saturated carbocycles. The molecule has 0 aliphatic heterocycles. The van der Waals surface area contributed by atoms with E-state index in [1.165, 1.54) is 17.0 Å². The highest BCUT2D eigenvalue weighted by Crippen LogP contribution is 2.20. The number of amides is 1. The summed E-state index contributed by atoms with van der Waals surface area (Å²) < 4.78 is 11.3. The summed E-state index contributed by atoms with van der Waals surface area (Å²) in [7, 11) is 0. The predicted octanol–water partition coefficient (Wildman–Crippen LogP) is 4.36. The van der Waals surface area contributed by atoms with Crippen LogP contribution in [-0.4, -0.2) is 30.6 Å². The van der Waals surface area contributed by atoms with E-state index in [1.807, 2.05) is 60.7 Å². The van der Waals surface area contributed by atoms with E-state index < -0.39 is 4.92 Å². The Kier molecular flexibility index (Phi) is 8.28. The molecule has 0 aromatic heterocycles. The normalized spacial score (nSPS) is 10.6. The fourth-order valence-corrected chi connectivity index (χ4v) is 2.98. The van der Waals surface area contributed by atoms with Gasteiger partial charge in [0, 0.05) is 24.4 Å². The van der Waals surface area contributed by atoms with Gasteiger partial charge in [0.1, 0.15) is 6.61 Å². The molecule has 0 atom stereocenters. The minimum Gasteiger partial charge on any atom is -0.375 e. The Balaban J connectivity index is 1.59. The molecule has 3 aromatic carbocycles. The third kappa shape index (κ3) is 7.02. The van der Waals surface area contributed by atoms with Crippen LogP contribution in [0.15, 0.2) is 84.9 Å². The highest BCUT2D eigenvalue weighted by molar-refractivity contribution is 5.94. The summed E-state index contributed by atoms with van der Waals surface area (Å²) in [5.41, 5.74) is 2.55. The van der Waals surface area contributed by atoms with Gasteiger partial charge in [-0.3, -0.25) is 14.9 Å². The van der Waals surface area contributed by atoms with Gasteiger partial charge in [0.2, 0.25) is 0 Å². The van der Waals surface area contributed by atoms with E-state index in [0.717, 1.165) is 11.1 Å². The maximum atomic E-state index is 12.8. The van der Waals surface area contributed by atoms with Crippen molar-refractivity contribution in [3.63, 3.8) is 0 Å². The van der Waals surface area contributed by atoms with Gasteiger partial charge in [0.25, 0.3) is 11.6 Å². The van der Waals surface area contributed by atoms with Gasteiger partial charge >= 0.3 is 0 Å². The first-order chi connectivity index (χ1) is 15.1. The summed E-state index contributed by atoms with van der Waals surface area (Å²) >= 11 is 0. The molecule has 0 spiro atoms. The molecule has 0 aliphatic rings. The Morgan fingerprint density at radius 3 is 1.90 bits per heavy atom. The minimum atomic E-state index is -0.470. The highest BCUT2D eigenvalue weighted by atomic mass is 16.6. The zero-order valence-electron chi connectivity index (χ0n) is 17.1. The van der Waals surface area contributed by atoms with Gasteiger partial charge in [-0.2, -0.15) is 0 Å². The Labute approximate surface area is 181 Å². The fourth-order valence-electron chi connectivity index (χ4n) is 2.98. The Morgan fingerprint density at radius 1 is 0.806 bits per heavy atom. The van der Waals surface area contributed by atoms with E-state index in [4.69, 9.17) is 9.47 Å². The summed E-state index contributed by atoms with van der Waals surface area (Å²) in [5.74, 6) is -0.243. The van der Waals surface area contributed by atoms with Gasteiger partial charge < -0.3 is 14.4 Å². The first-order valence-corrected chi connectivity index (χ1v) is 9.91. The number of benzene rings is 3. The van der Waals surface area contributed by atoms with Crippen molar-refractivity contribution < 1.29 is 19.2 Å². The second-order valence-corrected chi connectivity index (χ2v) is 6.84. The van der Waals surface area contributed by atoms with Crippen LogP contribution in [0.3, 0.4) is 0 Å². The average molecular weight is 420 g/mol. The number of non-ortho nitro benzene ring substituents is 1. The smallest absolute Gasteiger partial charge is 0.269 e. The summed E-state index contributed by atoms with van der Waals surface area (Å²) in [6.07, 6.45) is 0. The summed E-state index contributed by atoms with van der Waals surface area (Å²) in [6.45, 7) is 1.28. The molecule has 0 unspecified atom stereocenters. The van der Waals surface area contributed by atoms with Crippen molar-refractivity contribution in [3.05, 3.63) is 106 Å². The molecule has 0 radical (unpaired) electrons. The van der Waals surface area contributed by atoms with Gasteiger partial charge in [0.15, 0.2) is 0 Å². The highest BCUT2D eigenvalue weighted by Gasteiger charge is 2.17. The number of hydrogen-bond donors (Lipinski definition) is 0. The van der Waals surface area contributed by atoms with Crippen molar-refractivity contribution in [1.82, 2.24) is 0 Å². The number of ether oxygens (including phenoxy) is 2. The standard InChI is InChI=1S/C24H24N2O5/c27-24(19-31-18-21-9-5-2-6-10-21)25(22-11-13-23(14-12-22)26(28)29)15-16-30-17-20-7-3-1-4-8-20/h1-14H,15-19H2. The largest absolute Gasteiger partial charge is 0.375 e. The maximum absolute atomic E-state index is 12.8. The van der Waals surface area contributed by atoms with Crippen molar-refractivity contribution >= 4 is 17.3 Å². The SMILES string of the molecule is O=C(COCc1ccccc1)N(CCOCc1ccccc1)c1ccc([N+](=O)[O-])cc1. The van der Waals surface area contributed by atoms with Crippen molar-refractivity contribution in [2.75, 3.05) is 24.7 Å². The molecular formula is C24H24N2O5. The molecule has 1 amide bonds. The molecule has 0 aliphatic carbocycles. The van der Waals surface area contributed by atoms with Crippen molar-refractivity contribution in [2.24, 2.45) is 0 Å². The number of rotatable bonds is 11. The molecule has 7 nitrogen and oxygen atoms in total. The number of carbonyl (C=O) groups is 1. The molecule has 0 heterocycles. The molecule has 7 heteroatoms.